The molecular weight excluding hydrogens is 206 g/mol. The van der Waals surface area contributed by atoms with Crippen molar-refractivity contribution >= 4 is 11.5 Å². The zero-order chi connectivity index (χ0) is 11.1. The maximum absolute atomic E-state index is 3.95. The van der Waals surface area contributed by atoms with E-state index in [1.807, 2.05) is 6.20 Å². The first-order chi connectivity index (χ1) is 7.29. The van der Waals surface area contributed by atoms with Crippen molar-refractivity contribution in [1.29, 1.82) is 0 Å². The van der Waals surface area contributed by atoms with E-state index >= 15 is 0 Å². The van der Waals surface area contributed by atoms with Crippen LogP contribution in [0.1, 0.15) is 51.0 Å². The van der Waals surface area contributed by atoms with Gasteiger partial charge in [0, 0.05) is 6.04 Å². The largest absolute Gasteiger partial charge is 0.309 e. The van der Waals surface area contributed by atoms with Crippen LogP contribution in [0.25, 0.3) is 0 Å². The van der Waals surface area contributed by atoms with E-state index in [1.165, 1.54) is 35.7 Å². The van der Waals surface area contributed by atoms with Gasteiger partial charge in [-0.05, 0) is 36.8 Å². The summed E-state index contributed by atoms with van der Waals surface area (Å²) in [5.41, 5.74) is 0. The lowest BCUT2D eigenvalue weighted by Gasteiger charge is -2.23. The van der Waals surface area contributed by atoms with Crippen LogP contribution in [-0.2, 0) is 0 Å². The highest BCUT2D eigenvalue weighted by molar-refractivity contribution is 7.05. The standard InChI is InChI=1S/C11H21N3S/c1-4-6-9(3)11(12-7-5-2)10-8-13-14-15-10/h8-9,11-12H,4-7H2,1-3H3. The lowest BCUT2D eigenvalue weighted by atomic mass is 9.96. The normalized spacial score (nSPS) is 15.1. The van der Waals surface area contributed by atoms with Gasteiger partial charge in [-0.15, -0.1) is 5.10 Å². The van der Waals surface area contributed by atoms with E-state index in [1.54, 1.807) is 0 Å². The van der Waals surface area contributed by atoms with Gasteiger partial charge >= 0.3 is 0 Å². The Hall–Kier alpha value is -0.480. The zero-order valence-corrected chi connectivity index (χ0v) is 10.7. The molecule has 0 aliphatic heterocycles. The van der Waals surface area contributed by atoms with E-state index in [-0.39, 0.29) is 0 Å². The van der Waals surface area contributed by atoms with E-state index < -0.39 is 0 Å². The third-order valence-electron chi connectivity index (χ3n) is 2.61. The van der Waals surface area contributed by atoms with Crippen molar-refractivity contribution in [3.05, 3.63) is 11.1 Å². The second-order valence-corrected chi connectivity index (χ2v) is 4.83. The van der Waals surface area contributed by atoms with Crippen LogP contribution in [0.2, 0.25) is 0 Å². The Morgan fingerprint density at radius 3 is 2.73 bits per heavy atom. The lowest BCUT2D eigenvalue weighted by molar-refractivity contribution is 0.367. The Labute approximate surface area is 96.5 Å². The molecule has 0 aliphatic carbocycles. The highest BCUT2D eigenvalue weighted by Crippen LogP contribution is 2.26. The number of hydrogen-bond donors (Lipinski definition) is 1. The summed E-state index contributed by atoms with van der Waals surface area (Å²) < 4.78 is 3.95. The molecule has 3 nitrogen and oxygen atoms in total. The Bertz CT molecular complexity index is 248. The summed E-state index contributed by atoms with van der Waals surface area (Å²) >= 11 is 1.51. The van der Waals surface area contributed by atoms with Crippen LogP contribution < -0.4 is 5.32 Å². The smallest absolute Gasteiger partial charge is 0.0669 e. The maximum Gasteiger partial charge on any atom is 0.0669 e. The molecule has 1 aromatic heterocycles. The van der Waals surface area contributed by atoms with Crippen LogP contribution in [0.3, 0.4) is 0 Å². The fourth-order valence-electron chi connectivity index (χ4n) is 1.82. The topological polar surface area (TPSA) is 37.8 Å². The summed E-state index contributed by atoms with van der Waals surface area (Å²) in [7, 11) is 0. The van der Waals surface area contributed by atoms with Gasteiger partial charge in [0.05, 0.1) is 11.1 Å². The molecule has 1 heterocycles. The van der Waals surface area contributed by atoms with Gasteiger partial charge in [-0.1, -0.05) is 31.7 Å². The van der Waals surface area contributed by atoms with Crippen molar-refractivity contribution in [2.75, 3.05) is 6.54 Å². The molecule has 0 aliphatic rings. The van der Waals surface area contributed by atoms with E-state index in [9.17, 15) is 0 Å². The van der Waals surface area contributed by atoms with Crippen LogP contribution in [0.4, 0.5) is 0 Å². The predicted octanol–water partition coefficient (Wildman–Crippen LogP) is 3.02. The second kappa shape index (κ2) is 6.90. The summed E-state index contributed by atoms with van der Waals surface area (Å²) in [6.07, 6.45) is 5.54. The summed E-state index contributed by atoms with van der Waals surface area (Å²) in [6, 6.07) is 0.435. The van der Waals surface area contributed by atoms with Gasteiger partial charge < -0.3 is 5.32 Å². The molecule has 0 saturated heterocycles. The molecule has 2 unspecified atom stereocenters. The number of aromatic nitrogens is 2. The average Bonchev–Trinajstić information content (AvgIpc) is 2.72. The van der Waals surface area contributed by atoms with E-state index in [4.69, 9.17) is 0 Å². The molecule has 0 amide bonds. The van der Waals surface area contributed by atoms with Crippen LogP contribution in [0.15, 0.2) is 6.20 Å². The first kappa shape index (κ1) is 12.6. The Morgan fingerprint density at radius 1 is 1.40 bits per heavy atom. The summed E-state index contributed by atoms with van der Waals surface area (Å²) in [4.78, 5) is 1.27. The molecule has 4 heteroatoms. The molecule has 0 fully saturated rings. The Balaban J connectivity index is 2.60. The fourth-order valence-corrected chi connectivity index (χ4v) is 2.53. The first-order valence-electron chi connectivity index (χ1n) is 5.80. The van der Waals surface area contributed by atoms with Crippen LogP contribution >= 0.6 is 11.5 Å². The van der Waals surface area contributed by atoms with Gasteiger partial charge in [-0.25, -0.2) is 0 Å². The number of rotatable bonds is 7. The van der Waals surface area contributed by atoms with Gasteiger partial charge in [-0.2, -0.15) is 0 Å². The van der Waals surface area contributed by atoms with Gasteiger partial charge in [0.1, 0.15) is 0 Å². The summed E-state index contributed by atoms with van der Waals surface area (Å²) in [5, 5.41) is 7.51. The minimum Gasteiger partial charge on any atom is -0.309 e. The van der Waals surface area contributed by atoms with Crippen molar-refractivity contribution in [1.82, 2.24) is 14.9 Å². The molecule has 1 N–H and O–H groups in total. The molecular formula is C11H21N3S. The zero-order valence-electron chi connectivity index (χ0n) is 9.86. The molecule has 86 valence electrons. The van der Waals surface area contributed by atoms with Gasteiger partial charge in [-0.3, -0.25) is 0 Å². The Morgan fingerprint density at radius 2 is 2.20 bits per heavy atom. The second-order valence-electron chi connectivity index (χ2n) is 4.02. The lowest BCUT2D eigenvalue weighted by Crippen LogP contribution is -2.27. The molecule has 2 atom stereocenters. The highest BCUT2D eigenvalue weighted by Gasteiger charge is 2.19. The molecule has 0 saturated carbocycles. The molecule has 15 heavy (non-hydrogen) atoms. The predicted molar refractivity (Wildman–Crippen MR) is 65.0 cm³/mol. The Kier molecular flexibility index (Phi) is 5.79. The van der Waals surface area contributed by atoms with E-state index in [0.717, 1.165) is 6.54 Å². The summed E-state index contributed by atoms with van der Waals surface area (Å²) in [6.45, 7) is 7.80. The highest BCUT2D eigenvalue weighted by atomic mass is 32.1. The number of hydrogen-bond acceptors (Lipinski definition) is 4. The van der Waals surface area contributed by atoms with Crippen molar-refractivity contribution in [3.8, 4) is 0 Å². The monoisotopic (exact) mass is 227 g/mol. The van der Waals surface area contributed by atoms with Crippen LogP contribution in [-0.4, -0.2) is 16.1 Å². The van der Waals surface area contributed by atoms with Crippen LogP contribution in [0.5, 0.6) is 0 Å². The fraction of sp³-hybridized carbons (Fsp3) is 0.818. The number of nitrogens with zero attached hydrogens (tertiary/aromatic N) is 2. The van der Waals surface area contributed by atoms with Crippen molar-refractivity contribution in [2.45, 2.75) is 46.1 Å². The number of nitrogens with one attached hydrogen (secondary N) is 1. The van der Waals surface area contributed by atoms with Gasteiger partial charge in [0.2, 0.25) is 0 Å². The third-order valence-corrected chi connectivity index (χ3v) is 3.36. The van der Waals surface area contributed by atoms with Crippen molar-refractivity contribution < 1.29 is 0 Å². The molecule has 1 rings (SSSR count). The van der Waals surface area contributed by atoms with Crippen molar-refractivity contribution in [3.63, 3.8) is 0 Å². The van der Waals surface area contributed by atoms with E-state index in [0.29, 0.717) is 12.0 Å². The SMILES string of the molecule is CCCNC(c1cnns1)C(C)CCC. The quantitative estimate of drug-likeness (QED) is 0.778. The minimum atomic E-state index is 0.435. The molecule has 0 bridgehead atoms. The third kappa shape index (κ3) is 3.87. The minimum absolute atomic E-state index is 0.435. The molecule has 0 aromatic carbocycles. The van der Waals surface area contributed by atoms with E-state index in [2.05, 4.69) is 35.7 Å². The first-order valence-corrected chi connectivity index (χ1v) is 6.57. The van der Waals surface area contributed by atoms with Gasteiger partial charge in [0.25, 0.3) is 0 Å². The maximum atomic E-state index is 3.95. The molecule has 0 radical (unpaired) electrons. The molecule has 1 aromatic rings. The average molecular weight is 227 g/mol. The van der Waals surface area contributed by atoms with Gasteiger partial charge in [0.15, 0.2) is 0 Å². The summed E-state index contributed by atoms with van der Waals surface area (Å²) in [5.74, 6) is 0.656. The van der Waals surface area contributed by atoms with Crippen LogP contribution in [0, 0.1) is 5.92 Å². The molecule has 0 spiro atoms. The van der Waals surface area contributed by atoms with Crippen molar-refractivity contribution in [2.24, 2.45) is 5.92 Å².